The van der Waals surface area contributed by atoms with Crippen LogP contribution in [-0.2, 0) is 11.3 Å². The first-order valence-corrected chi connectivity index (χ1v) is 9.73. The van der Waals surface area contributed by atoms with Gasteiger partial charge in [-0.2, -0.15) is 0 Å². The molecule has 0 saturated heterocycles. The molecule has 3 aromatic rings. The zero-order valence-electron chi connectivity index (χ0n) is 17.2. The molecule has 31 heavy (non-hydrogen) atoms. The summed E-state index contributed by atoms with van der Waals surface area (Å²) in [6.45, 7) is 3.83. The third-order valence-corrected chi connectivity index (χ3v) is 4.61. The lowest BCUT2D eigenvalue weighted by Gasteiger charge is -2.21. The van der Waals surface area contributed by atoms with Crippen molar-refractivity contribution >= 4 is 18.1 Å². The lowest BCUT2D eigenvalue weighted by molar-refractivity contribution is 0.0920. The summed E-state index contributed by atoms with van der Waals surface area (Å²) in [7, 11) is 1.57. The SMILES string of the molecule is C=Cc1ccc(C(=O)N[C@@H](NC(=O)OCc2ccccc2)c2ccc(OC)cc2)cc1. The van der Waals surface area contributed by atoms with E-state index in [9.17, 15) is 9.59 Å². The summed E-state index contributed by atoms with van der Waals surface area (Å²) in [5.74, 6) is 0.334. The molecular formula is C25H24N2O4. The van der Waals surface area contributed by atoms with Gasteiger partial charge in [0.05, 0.1) is 7.11 Å². The van der Waals surface area contributed by atoms with E-state index in [1.807, 2.05) is 30.3 Å². The Labute approximate surface area is 181 Å². The maximum absolute atomic E-state index is 12.8. The summed E-state index contributed by atoms with van der Waals surface area (Å²) in [6, 6.07) is 23.4. The zero-order valence-corrected chi connectivity index (χ0v) is 17.2. The van der Waals surface area contributed by atoms with Crippen LogP contribution in [0.15, 0.2) is 85.4 Å². The largest absolute Gasteiger partial charge is 0.497 e. The summed E-state index contributed by atoms with van der Waals surface area (Å²) in [5, 5.41) is 5.55. The molecule has 0 aliphatic carbocycles. The fourth-order valence-electron chi connectivity index (χ4n) is 2.87. The Morgan fingerprint density at radius 2 is 1.61 bits per heavy atom. The van der Waals surface area contributed by atoms with Crippen molar-refractivity contribution in [1.29, 1.82) is 0 Å². The lowest BCUT2D eigenvalue weighted by Crippen LogP contribution is -2.41. The number of alkyl carbamates (subject to hydrolysis) is 1. The first kappa shape index (κ1) is 21.6. The van der Waals surface area contributed by atoms with E-state index in [-0.39, 0.29) is 12.5 Å². The van der Waals surface area contributed by atoms with Crippen LogP contribution in [-0.4, -0.2) is 19.1 Å². The molecule has 0 fully saturated rings. The zero-order chi connectivity index (χ0) is 22.1. The van der Waals surface area contributed by atoms with Crippen LogP contribution >= 0.6 is 0 Å². The molecule has 0 spiro atoms. The Bertz CT molecular complexity index is 1020. The van der Waals surface area contributed by atoms with Crippen LogP contribution in [0.1, 0.15) is 33.2 Å². The van der Waals surface area contributed by atoms with Crippen LogP contribution in [0.25, 0.3) is 6.08 Å². The Hall–Kier alpha value is -4.06. The number of carbonyl (C=O) groups is 2. The van der Waals surface area contributed by atoms with Gasteiger partial charge in [0.2, 0.25) is 0 Å². The van der Waals surface area contributed by atoms with Crippen LogP contribution in [0, 0.1) is 0 Å². The number of methoxy groups -OCH3 is 1. The van der Waals surface area contributed by atoms with E-state index >= 15 is 0 Å². The van der Waals surface area contributed by atoms with Crippen molar-refractivity contribution in [1.82, 2.24) is 10.6 Å². The van der Waals surface area contributed by atoms with Crippen LogP contribution in [0.3, 0.4) is 0 Å². The summed E-state index contributed by atoms with van der Waals surface area (Å²) in [6.07, 6.45) is 0.263. The molecule has 0 bridgehead atoms. The molecule has 0 saturated carbocycles. The molecule has 6 nitrogen and oxygen atoms in total. The van der Waals surface area contributed by atoms with Crippen LogP contribution in [0.2, 0.25) is 0 Å². The summed E-state index contributed by atoms with van der Waals surface area (Å²) >= 11 is 0. The van der Waals surface area contributed by atoms with Gasteiger partial charge in [0.1, 0.15) is 18.5 Å². The maximum Gasteiger partial charge on any atom is 0.409 e. The predicted octanol–water partition coefficient (Wildman–Crippen LogP) is 4.69. The fourth-order valence-corrected chi connectivity index (χ4v) is 2.87. The monoisotopic (exact) mass is 416 g/mol. The number of benzene rings is 3. The third kappa shape index (κ3) is 6.21. The Morgan fingerprint density at radius 3 is 2.23 bits per heavy atom. The van der Waals surface area contributed by atoms with Crippen molar-refractivity contribution in [2.24, 2.45) is 0 Å². The summed E-state index contributed by atoms with van der Waals surface area (Å²) < 4.78 is 10.5. The molecule has 0 aliphatic heterocycles. The number of rotatable bonds is 8. The van der Waals surface area contributed by atoms with Crippen molar-refractivity contribution in [3.8, 4) is 5.75 Å². The molecule has 1 atom stereocenters. The lowest BCUT2D eigenvalue weighted by atomic mass is 10.1. The first-order chi connectivity index (χ1) is 15.1. The van der Waals surface area contributed by atoms with Gasteiger partial charge in [-0.3, -0.25) is 10.1 Å². The fraction of sp³-hybridized carbons (Fsp3) is 0.120. The van der Waals surface area contributed by atoms with Crippen molar-refractivity contribution in [2.45, 2.75) is 12.8 Å². The number of ether oxygens (including phenoxy) is 2. The molecule has 0 aromatic heterocycles. The van der Waals surface area contributed by atoms with Crippen LogP contribution < -0.4 is 15.4 Å². The van der Waals surface area contributed by atoms with E-state index in [4.69, 9.17) is 9.47 Å². The predicted molar refractivity (Wildman–Crippen MR) is 119 cm³/mol. The van der Waals surface area contributed by atoms with Gasteiger partial charge in [0.15, 0.2) is 0 Å². The summed E-state index contributed by atoms with van der Waals surface area (Å²) in [4.78, 5) is 25.2. The van der Waals surface area contributed by atoms with Crippen molar-refractivity contribution in [3.05, 3.63) is 108 Å². The topological polar surface area (TPSA) is 76.7 Å². The highest BCUT2D eigenvalue weighted by Gasteiger charge is 2.19. The van der Waals surface area contributed by atoms with E-state index < -0.39 is 12.3 Å². The number of hydrogen-bond acceptors (Lipinski definition) is 4. The van der Waals surface area contributed by atoms with E-state index in [0.29, 0.717) is 16.9 Å². The van der Waals surface area contributed by atoms with Crippen LogP contribution in [0.5, 0.6) is 5.75 Å². The molecule has 2 N–H and O–H groups in total. The molecule has 6 heteroatoms. The number of amides is 2. The Kier molecular flexibility index (Phi) is 7.43. The number of nitrogens with one attached hydrogen (secondary N) is 2. The third-order valence-electron chi connectivity index (χ3n) is 4.61. The minimum atomic E-state index is -0.791. The average molecular weight is 416 g/mol. The number of carbonyl (C=O) groups excluding carboxylic acids is 2. The van der Waals surface area contributed by atoms with Gasteiger partial charge in [-0.15, -0.1) is 0 Å². The van der Waals surface area contributed by atoms with Gasteiger partial charge in [-0.05, 0) is 41.0 Å². The molecule has 158 valence electrons. The normalized spacial score (nSPS) is 11.1. The van der Waals surface area contributed by atoms with Gasteiger partial charge in [-0.25, -0.2) is 4.79 Å². The van der Waals surface area contributed by atoms with Gasteiger partial charge >= 0.3 is 6.09 Å². The average Bonchev–Trinajstić information content (AvgIpc) is 2.83. The van der Waals surface area contributed by atoms with Crippen molar-refractivity contribution in [3.63, 3.8) is 0 Å². The minimum absolute atomic E-state index is 0.124. The Morgan fingerprint density at radius 1 is 0.935 bits per heavy atom. The van der Waals surface area contributed by atoms with Gasteiger partial charge in [-0.1, -0.05) is 67.3 Å². The number of hydrogen-bond donors (Lipinski definition) is 2. The quantitative estimate of drug-likeness (QED) is 0.522. The minimum Gasteiger partial charge on any atom is -0.497 e. The maximum atomic E-state index is 12.8. The van der Waals surface area contributed by atoms with E-state index in [2.05, 4.69) is 17.2 Å². The van der Waals surface area contributed by atoms with Crippen LogP contribution in [0.4, 0.5) is 4.79 Å². The standard InChI is InChI=1S/C25H24N2O4/c1-3-18-9-11-21(12-10-18)24(28)26-23(20-13-15-22(30-2)16-14-20)27-25(29)31-17-19-7-5-4-6-8-19/h3-16,23H,1,17H2,2H3,(H,26,28)(H,27,29)/t23-/m0/s1. The second-order valence-corrected chi connectivity index (χ2v) is 6.71. The highest BCUT2D eigenvalue weighted by atomic mass is 16.5. The first-order valence-electron chi connectivity index (χ1n) is 9.73. The highest BCUT2D eigenvalue weighted by molar-refractivity contribution is 5.94. The highest BCUT2D eigenvalue weighted by Crippen LogP contribution is 2.17. The molecule has 0 radical (unpaired) electrons. The van der Waals surface area contributed by atoms with Crippen molar-refractivity contribution < 1.29 is 19.1 Å². The molecule has 3 aromatic carbocycles. The van der Waals surface area contributed by atoms with Gasteiger partial charge < -0.3 is 14.8 Å². The molecule has 0 unspecified atom stereocenters. The van der Waals surface area contributed by atoms with Crippen molar-refractivity contribution in [2.75, 3.05) is 7.11 Å². The summed E-state index contributed by atoms with van der Waals surface area (Å²) in [5.41, 5.74) is 2.91. The smallest absolute Gasteiger partial charge is 0.409 e. The van der Waals surface area contributed by atoms with E-state index in [1.165, 1.54) is 0 Å². The van der Waals surface area contributed by atoms with Gasteiger partial charge in [0, 0.05) is 5.56 Å². The Balaban J connectivity index is 1.72. The molecule has 0 heterocycles. The molecule has 2 amide bonds. The molecular weight excluding hydrogens is 392 g/mol. The second-order valence-electron chi connectivity index (χ2n) is 6.71. The van der Waals surface area contributed by atoms with E-state index in [1.54, 1.807) is 61.7 Å². The molecule has 0 aliphatic rings. The van der Waals surface area contributed by atoms with Gasteiger partial charge in [0.25, 0.3) is 5.91 Å². The molecule has 3 rings (SSSR count). The van der Waals surface area contributed by atoms with E-state index in [0.717, 1.165) is 11.1 Å². The second kappa shape index (κ2) is 10.6.